The molecule has 0 bridgehead atoms. The Bertz CT molecular complexity index is 124. The maximum absolute atomic E-state index is 5.70. The quantitative estimate of drug-likeness (QED) is 0.480. The molecule has 8 heavy (non-hydrogen) atoms. The van der Waals surface area contributed by atoms with Gasteiger partial charge in [0.1, 0.15) is 0 Å². The van der Waals surface area contributed by atoms with Crippen LogP contribution < -0.4 is 11.1 Å². The Morgan fingerprint density at radius 3 is 2.62 bits per heavy atom. The number of nitrogens with one attached hydrogen (secondary N) is 1. The lowest BCUT2D eigenvalue weighted by Crippen LogP contribution is -2.45. The topological polar surface area (TPSA) is 38.0 Å². The summed E-state index contributed by atoms with van der Waals surface area (Å²) in [6, 6.07) is 0. The molecule has 1 aliphatic rings. The van der Waals surface area contributed by atoms with Crippen molar-refractivity contribution in [3.05, 3.63) is 11.8 Å². The lowest BCUT2D eigenvalue weighted by atomic mass is 10.2. The van der Waals surface area contributed by atoms with E-state index in [4.69, 9.17) is 5.73 Å². The zero-order valence-electron chi connectivity index (χ0n) is 5.36. The van der Waals surface area contributed by atoms with Gasteiger partial charge in [0.25, 0.3) is 0 Å². The van der Waals surface area contributed by atoms with E-state index in [-0.39, 0.29) is 5.66 Å². The van der Waals surface area contributed by atoms with Crippen molar-refractivity contribution in [2.24, 2.45) is 5.73 Å². The number of hydrogen-bond donors (Lipinski definition) is 2. The molecule has 2 nitrogen and oxygen atoms in total. The first-order valence-electron chi connectivity index (χ1n) is 2.84. The minimum Gasteiger partial charge on any atom is -0.371 e. The molecule has 3 N–H and O–H groups in total. The average molecular weight is 112 g/mol. The Morgan fingerprint density at radius 2 is 2.50 bits per heavy atom. The molecule has 1 atom stereocenters. The van der Waals surface area contributed by atoms with Crippen LogP contribution in [0, 0.1) is 0 Å². The van der Waals surface area contributed by atoms with E-state index in [1.807, 2.05) is 13.8 Å². The Morgan fingerprint density at radius 1 is 1.88 bits per heavy atom. The average Bonchev–Trinajstić information content (AvgIpc) is 1.82. The monoisotopic (exact) mass is 112 g/mol. The molecule has 0 aliphatic carbocycles. The molecule has 0 fully saturated rings. The fourth-order valence-corrected chi connectivity index (χ4v) is 0.918. The fourth-order valence-electron chi connectivity index (χ4n) is 0.918. The molecule has 0 saturated carbocycles. The Kier molecular flexibility index (Phi) is 1.05. The third kappa shape index (κ3) is 1.01. The van der Waals surface area contributed by atoms with Crippen LogP contribution in [0.2, 0.25) is 0 Å². The van der Waals surface area contributed by atoms with Crippen molar-refractivity contribution in [1.82, 2.24) is 5.32 Å². The van der Waals surface area contributed by atoms with E-state index in [9.17, 15) is 0 Å². The minimum atomic E-state index is -0.177. The standard InChI is InChI=1S/C6H12N2/c1-5-3-4-6(2,7)8-5/h3,8H,4,7H2,1-2H3. The van der Waals surface area contributed by atoms with Gasteiger partial charge in [0, 0.05) is 12.1 Å². The van der Waals surface area contributed by atoms with Gasteiger partial charge in [-0.05, 0) is 13.8 Å². The van der Waals surface area contributed by atoms with E-state index in [0.717, 1.165) is 6.42 Å². The van der Waals surface area contributed by atoms with Crippen LogP contribution in [-0.2, 0) is 0 Å². The molecule has 0 radical (unpaired) electrons. The lowest BCUT2D eigenvalue weighted by molar-refractivity contribution is 0.440. The molecular formula is C6H12N2. The highest BCUT2D eigenvalue weighted by Gasteiger charge is 2.20. The van der Waals surface area contributed by atoms with Crippen molar-refractivity contribution in [3.63, 3.8) is 0 Å². The maximum atomic E-state index is 5.70. The van der Waals surface area contributed by atoms with Crippen molar-refractivity contribution in [1.29, 1.82) is 0 Å². The molecule has 0 aromatic carbocycles. The lowest BCUT2D eigenvalue weighted by Gasteiger charge is -2.19. The van der Waals surface area contributed by atoms with Crippen LogP contribution in [0.25, 0.3) is 0 Å². The summed E-state index contributed by atoms with van der Waals surface area (Å²) in [5.41, 5.74) is 6.72. The second-order valence-electron chi connectivity index (χ2n) is 2.63. The molecule has 0 aromatic heterocycles. The van der Waals surface area contributed by atoms with Crippen LogP contribution in [0.15, 0.2) is 11.8 Å². The third-order valence-corrected chi connectivity index (χ3v) is 1.32. The van der Waals surface area contributed by atoms with E-state index >= 15 is 0 Å². The summed E-state index contributed by atoms with van der Waals surface area (Å²) >= 11 is 0. The first-order chi connectivity index (χ1) is 3.60. The second kappa shape index (κ2) is 1.49. The van der Waals surface area contributed by atoms with Crippen molar-refractivity contribution in [3.8, 4) is 0 Å². The number of nitrogens with two attached hydrogens (primary N) is 1. The van der Waals surface area contributed by atoms with Gasteiger partial charge in [-0.15, -0.1) is 0 Å². The molecule has 0 spiro atoms. The van der Waals surface area contributed by atoms with E-state index in [1.54, 1.807) is 0 Å². The smallest absolute Gasteiger partial charge is 0.0860 e. The molecule has 0 aromatic rings. The zero-order chi connectivity index (χ0) is 6.20. The Labute approximate surface area is 49.8 Å². The predicted molar refractivity (Wildman–Crippen MR) is 34.1 cm³/mol. The first-order valence-corrected chi connectivity index (χ1v) is 2.84. The molecule has 46 valence electrons. The van der Waals surface area contributed by atoms with Gasteiger partial charge in [-0.2, -0.15) is 0 Å². The normalized spacial score (nSPS) is 36.6. The van der Waals surface area contributed by atoms with Gasteiger partial charge in [0.2, 0.25) is 0 Å². The Hall–Kier alpha value is -0.500. The molecule has 0 saturated heterocycles. The van der Waals surface area contributed by atoms with Crippen molar-refractivity contribution >= 4 is 0 Å². The van der Waals surface area contributed by atoms with Crippen LogP contribution in [0.5, 0.6) is 0 Å². The third-order valence-electron chi connectivity index (χ3n) is 1.32. The van der Waals surface area contributed by atoms with Crippen LogP contribution in [-0.4, -0.2) is 5.66 Å². The van der Waals surface area contributed by atoms with Gasteiger partial charge in [0.15, 0.2) is 0 Å². The van der Waals surface area contributed by atoms with Gasteiger partial charge in [-0.1, -0.05) is 6.08 Å². The SMILES string of the molecule is CC1=CCC(C)(N)N1. The fraction of sp³-hybridized carbons (Fsp3) is 0.667. The molecular weight excluding hydrogens is 100 g/mol. The second-order valence-corrected chi connectivity index (χ2v) is 2.63. The van der Waals surface area contributed by atoms with Gasteiger partial charge in [-0.3, -0.25) is 0 Å². The van der Waals surface area contributed by atoms with Gasteiger partial charge in [0.05, 0.1) is 5.66 Å². The van der Waals surface area contributed by atoms with Crippen molar-refractivity contribution in [2.75, 3.05) is 0 Å². The molecule has 0 amide bonds. The summed E-state index contributed by atoms with van der Waals surface area (Å²) in [6.45, 7) is 4.01. The zero-order valence-corrected chi connectivity index (χ0v) is 5.36. The van der Waals surface area contributed by atoms with E-state index in [2.05, 4.69) is 11.4 Å². The van der Waals surface area contributed by atoms with E-state index < -0.39 is 0 Å². The van der Waals surface area contributed by atoms with Gasteiger partial charge in [-0.25, -0.2) is 0 Å². The Balaban J connectivity index is 2.55. The molecule has 1 aliphatic heterocycles. The maximum Gasteiger partial charge on any atom is 0.0860 e. The molecule has 1 rings (SSSR count). The number of rotatable bonds is 0. The summed E-state index contributed by atoms with van der Waals surface area (Å²) in [5.74, 6) is 0. The van der Waals surface area contributed by atoms with Gasteiger partial charge < -0.3 is 11.1 Å². The predicted octanol–water partition coefficient (Wildman–Crippen LogP) is 0.558. The van der Waals surface area contributed by atoms with E-state index in [0.29, 0.717) is 0 Å². The summed E-state index contributed by atoms with van der Waals surface area (Å²) < 4.78 is 0. The van der Waals surface area contributed by atoms with Crippen LogP contribution >= 0.6 is 0 Å². The molecule has 1 unspecified atom stereocenters. The molecule has 1 heterocycles. The largest absolute Gasteiger partial charge is 0.371 e. The van der Waals surface area contributed by atoms with Gasteiger partial charge >= 0.3 is 0 Å². The summed E-state index contributed by atoms with van der Waals surface area (Å²) in [7, 11) is 0. The highest BCUT2D eigenvalue weighted by Crippen LogP contribution is 2.13. The summed E-state index contributed by atoms with van der Waals surface area (Å²) in [5, 5.41) is 3.13. The number of hydrogen-bond acceptors (Lipinski definition) is 2. The minimum absolute atomic E-state index is 0.177. The van der Waals surface area contributed by atoms with Crippen LogP contribution in [0.4, 0.5) is 0 Å². The number of allylic oxidation sites excluding steroid dienone is 1. The van der Waals surface area contributed by atoms with E-state index in [1.165, 1.54) is 5.70 Å². The summed E-state index contributed by atoms with van der Waals surface area (Å²) in [6.07, 6.45) is 3.05. The molecule has 2 heteroatoms. The highest BCUT2D eigenvalue weighted by molar-refractivity contribution is 5.09. The van der Waals surface area contributed by atoms with Crippen LogP contribution in [0.3, 0.4) is 0 Å². The summed E-state index contributed by atoms with van der Waals surface area (Å²) in [4.78, 5) is 0. The van der Waals surface area contributed by atoms with Crippen LogP contribution in [0.1, 0.15) is 20.3 Å². The first kappa shape index (κ1) is 5.63. The van der Waals surface area contributed by atoms with Crippen molar-refractivity contribution in [2.45, 2.75) is 25.9 Å². The van der Waals surface area contributed by atoms with Crippen molar-refractivity contribution < 1.29 is 0 Å². The highest BCUT2D eigenvalue weighted by atomic mass is 15.1.